The van der Waals surface area contributed by atoms with E-state index in [2.05, 4.69) is 16.0 Å². The highest BCUT2D eigenvalue weighted by Crippen LogP contribution is 2.39. The predicted molar refractivity (Wildman–Crippen MR) is 142 cm³/mol. The second kappa shape index (κ2) is 14.0. The van der Waals surface area contributed by atoms with Gasteiger partial charge in [-0.25, -0.2) is 4.79 Å². The van der Waals surface area contributed by atoms with Gasteiger partial charge in [0.05, 0.1) is 31.2 Å². The summed E-state index contributed by atoms with van der Waals surface area (Å²) in [6.07, 6.45) is -0.572. The smallest absolute Gasteiger partial charge is 0.407 e. The van der Waals surface area contributed by atoms with Crippen molar-refractivity contribution < 1.29 is 33.3 Å². The summed E-state index contributed by atoms with van der Waals surface area (Å²) in [6, 6.07) is 10.0. The predicted octanol–water partition coefficient (Wildman–Crippen LogP) is 4.99. The maximum atomic E-state index is 13.2. The van der Waals surface area contributed by atoms with Crippen LogP contribution in [0.5, 0.6) is 17.2 Å². The minimum absolute atomic E-state index is 0.0237. The molecule has 3 N–H and O–H groups in total. The van der Waals surface area contributed by atoms with Crippen molar-refractivity contribution in [3.8, 4) is 17.2 Å². The Bertz CT molecular complexity index is 1050. The van der Waals surface area contributed by atoms with E-state index in [1.165, 1.54) is 0 Å². The standard InChI is InChI=1S/C27H37N3O7/c1-7-34-21-16-18(17-22(35-8-2)24(21)36-9-3)25(32)30-20-13-11-10-12-19(20)29-23(31)14-15-28-26(33)37-27(4,5)6/h10-13,16-17H,7-9,14-15H2,1-6H3,(H,28,33)(H,29,31)(H,30,32). The molecule has 0 fully saturated rings. The average Bonchev–Trinajstić information content (AvgIpc) is 2.81. The van der Waals surface area contributed by atoms with Crippen LogP contribution in [-0.2, 0) is 9.53 Å². The second-order valence-corrected chi connectivity index (χ2v) is 8.83. The SMILES string of the molecule is CCOc1cc(C(=O)Nc2ccccc2NC(=O)CCNC(=O)OC(C)(C)C)cc(OCC)c1OCC. The van der Waals surface area contributed by atoms with Crippen LogP contribution in [0, 0.1) is 0 Å². The Morgan fingerprint density at radius 2 is 1.35 bits per heavy atom. The van der Waals surface area contributed by atoms with Crippen molar-refractivity contribution in [3.63, 3.8) is 0 Å². The molecule has 2 aromatic rings. The minimum Gasteiger partial charge on any atom is -0.490 e. The first-order valence-corrected chi connectivity index (χ1v) is 12.3. The summed E-state index contributed by atoms with van der Waals surface area (Å²) >= 11 is 0. The van der Waals surface area contributed by atoms with Gasteiger partial charge in [0.2, 0.25) is 11.7 Å². The van der Waals surface area contributed by atoms with Crippen LogP contribution in [0.25, 0.3) is 0 Å². The minimum atomic E-state index is -0.625. The molecular weight excluding hydrogens is 478 g/mol. The molecule has 37 heavy (non-hydrogen) atoms. The lowest BCUT2D eigenvalue weighted by atomic mass is 10.1. The number of hydrogen-bond donors (Lipinski definition) is 3. The lowest BCUT2D eigenvalue weighted by molar-refractivity contribution is -0.116. The Labute approximate surface area is 218 Å². The number of carbonyl (C=O) groups is 3. The number of nitrogens with one attached hydrogen (secondary N) is 3. The van der Waals surface area contributed by atoms with Crippen molar-refractivity contribution in [2.24, 2.45) is 0 Å². The van der Waals surface area contributed by atoms with Crippen molar-refractivity contribution >= 4 is 29.3 Å². The summed E-state index contributed by atoms with van der Waals surface area (Å²) in [5.41, 5.74) is 0.502. The van der Waals surface area contributed by atoms with E-state index in [0.717, 1.165) is 0 Å². The highest BCUT2D eigenvalue weighted by atomic mass is 16.6. The van der Waals surface area contributed by atoms with E-state index in [1.807, 2.05) is 20.8 Å². The van der Waals surface area contributed by atoms with Crippen LogP contribution in [0.15, 0.2) is 36.4 Å². The number of rotatable bonds is 12. The molecule has 0 atom stereocenters. The van der Waals surface area contributed by atoms with Crippen molar-refractivity contribution in [1.29, 1.82) is 0 Å². The van der Waals surface area contributed by atoms with Gasteiger partial charge in [-0.1, -0.05) is 12.1 Å². The van der Waals surface area contributed by atoms with E-state index in [4.69, 9.17) is 18.9 Å². The van der Waals surface area contributed by atoms with E-state index >= 15 is 0 Å². The van der Waals surface area contributed by atoms with Gasteiger partial charge in [0.1, 0.15) is 5.60 Å². The fourth-order valence-corrected chi connectivity index (χ4v) is 3.22. The number of carbonyl (C=O) groups excluding carboxylic acids is 3. The van der Waals surface area contributed by atoms with Gasteiger partial charge in [-0.2, -0.15) is 0 Å². The van der Waals surface area contributed by atoms with Crippen LogP contribution in [-0.4, -0.2) is 49.9 Å². The van der Waals surface area contributed by atoms with Gasteiger partial charge >= 0.3 is 6.09 Å². The first-order valence-electron chi connectivity index (χ1n) is 12.3. The highest BCUT2D eigenvalue weighted by molar-refractivity contribution is 6.08. The highest BCUT2D eigenvalue weighted by Gasteiger charge is 2.20. The third kappa shape index (κ3) is 9.55. The van der Waals surface area contributed by atoms with Gasteiger partial charge in [-0.05, 0) is 65.8 Å². The van der Waals surface area contributed by atoms with Crippen LogP contribution < -0.4 is 30.2 Å². The van der Waals surface area contributed by atoms with Crippen LogP contribution in [0.1, 0.15) is 58.3 Å². The summed E-state index contributed by atoms with van der Waals surface area (Å²) in [4.78, 5) is 37.4. The maximum absolute atomic E-state index is 13.2. The number of amides is 3. The molecular formula is C27H37N3O7. The van der Waals surface area contributed by atoms with E-state index in [-0.39, 0.29) is 18.9 Å². The number of hydrogen-bond acceptors (Lipinski definition) is 7. The first kappa shape index (κ1) is 29.3. The van der Waals surface area contributed by atoms with Crippen LogP contribution in [0.4, 0.5) is 16.2 Å². The Kier molecular flexibility index (Phi) is 11.0. The molecule has 0 bridgehead atoms. The number of anilines is 2. The third-order valence-electron chi connectivity index (χ3n) is 4.64. The molecule has 0 aromatic heterocycles. The lowest BCUT2D eigenvalue weighted by Crippen LogP contribution is -2.34. The molecule has 0 aliphatic heterocycles. The van der Waals surface area contributed by atoms with Crippen LogP contribution in [0.2, 0.25) is 0 Å². The van der Waals surface area contributed by atoms with E-state index in [0.29, 0.717) is 54.0 Å². The molecule has 10 nitrogen and oxygen atoms in total. The Morgan fingerprint density at radius 3 is 1.86 bits per heavy atom. The summed E-state index contributed by atoms with van der Waals surface area (Å²) < 4.78 is 22.2. The number of alkyl carbamates (subject to hydrolysis) is 1. The van der Waals surface area contributed by atoms with Gasteiger partial charge in [0.15, 0.2) is 11.5 Å². The van der Waals surface area contributed by atoms with Crippen molar-refractivity contribution in [1.82, 2.24) is 5.32 Å². The average molecular weight is 516 g/mol. The zero-order chi connectivity index (χ0) is 27.4. The van der Waals surface area contributed by atoms with Gasteiger partial charge < -0.3 is 34.9 Å². The van der Waals surface area contributed by atoms with Gasteiger partial charge in [0.25, 0.3) is 5.91 Å². The Balaban J connectivity index is 2.13. The molecule has 3 amide bonds. The van der Waals surface area contributed by atoms with Crippen molar-refractivity contribution in [2.75, 3.05) is 37.0 Å². The van der Waals surface area contributed by atoms with Crippen LogP contribution in [0.3, 0.4) is 0 Å². The van der Waals surface area contributed by atoms with Crippen LogP contribution >= 0.6 is 0 Å². The normalized spacial score (nSPS) is 10.8. The second-order valence-electron chi connectivity index (χ2n) is 8.83. The fourth-order valence-electron chi connectivity index (χ4n) is 3.22. The Hall–Kier alpha value is -3.95. The zero-order valence-corrected chi connectivity index (χ0v) is 22.4. The molecule has 0 radical (unpaired) electrons. The lowest BCUT2D eigenvalue weighted by Gasteiger charge is -2.19. The van der Waals surface area contributed by atoms with Gasteiger partial charge in [-0.3, -0.25) is 9.59 Å². The molecule has 2 rings (SSSR count). The largest absolute Gasteiger partial charge is 0.490 e. The summed E-state index contributed by atoms with van der Waals surface area (Å²) in [5, 5.41) is 8.13. The molecule has 10 heteroatoms. The molecule has 0 unspecified atom stereocenters. The molecule has 2 aromatic carbocycles. The quantitative estimate of drug-likeness (QED) is 0.364. The van der Waals surface area contributed by atoms with Gasteiger partial charge in [-0.15, -0.1) is 0 Å². The number of para-hydroxylation sites is 2. The topological polar surface area (TPSA) is 124 Å². The fraction of sp³-hybridized carbons (Fsp3) is 0.444. The van der Waals surface area contributed by atoms with Crippen molar-refractivity contribution in [2.45, 2.75) is 53.6 Å². The zero-order valence-electron chi connectivity index (χ0n) is 22.4. The Morgan fingerprint density at radius 1 is 0.811 bits per heavy atom. The van der Waals surface area contributed by atoms with Crippen molar-refractivity contribution in [3.05, 3.63) is 42.0 Å². The molecule has 0 aliphatic carbocycles. The monoisotopic (exact) mass is 515 g/mol. The number of ether oxygens (including phenoxy) is 4. The number of benzene rings is 2. The molecule has 0 saturated heterocycles. The summed E-state index contributed by atoms with van der Waals surface area (Å²) in [7, 11) is 0. The molecule has 0 saturated carbocycles. The van der Waals surface area contributed by atoms with Gasteiger partial charge in [0, 0.05) is 18.5 Å². The molecule has 0 heterocycles. The van der Waals surface area contributed by atoms with E-state index in [1.54, 1.807) is 57.2 Å². The third-order valence-corrected chi connectivity index (χ3v) is 4.64. The van der Waals surface area contributed by atoms with E-state index < -0.39 is 17.6 Å². The summed E-state index contributed by atoms with van der Waals surface area (Å²) in [6.45, 7) is 12.1. The summed E-state index contributed by atoms with van der Waals surface area (Å²) in [5.74, 6) is 0.490. The van der Waals surface area contributed by atoms with E-state index in [9.17, 15) is 14.4 Å². The molecule has 202 valence electrons. The first-order chi connectivity index (χ1) is 17.6. The molecule has 0 spiro atoms. The molecule has 0 aliphatic rings. The maximum Gasteiger partial charge on any atom is 0.407 e.